The minimum absolute atomic E-state index is 0.0551. The third-order valence-corrected chi connectivity index (χ3v) is 5.67. The summed E-state index contributed by atoms with van der Waals surface area (Å²) in [4.78, 5) is 31.8. The first-order chi connectivity index (χ1) is 11.3. The minimum atomic E-state index is -0.501. The summed E-state index contributed by atoms with van der Waals surface area (Å²) in [5, 5.41) is 0. The number of aromatic nitrogens is 2. The van der Waals surface area contributed by atoms with Gasteiger partial charge in [-0.1, -0.05) is 27.7 Å². The normalized spacial score (nSPS) is 14.7. The van der Waals surface area contributed by atoms with Gasteiger partial charge in [0, 0.05) is 22.3 Å². The average Bonchev–Trinajstić information content (AvgIpc) is 2.85. The second kappa shape index (κ2) is 6.31. The first-order valence-corrected chi connectivity index (χ1v) is 9.52. The van der Waals surface area contributed by atoms with Crippen molar-refractivity contribution in [1.29, 1.82) is 0 Å². The maximum absolute atomic E-state index is 12.8. The van der Waals surface area contributed by atoms with Crippen LogP contribution >= 0.6 is 11.3 Å². The highest BCUT2D eigenvalue weighted by molar-refractivity contribution is 7.18. The van der Waals surface area contributed by atoms with Crippen molar-refractivity contribution < 1.29 is 4.79 Å². The van der Waals surface area contributed by atoms with Crippen molar-refractivity contribution in [1.82, 2.24) is 9.66 Å². The van der Waals surface area contributed by atoms with E-state index in [2.05, 4.69) is 17.3 Å². The molecule has 0 aromatic carbocycles. The fourth-order valence-electron chi connectivity index (χ4n) is 2.96. The summed E-state index contributed by atoms with van der Waals surface area (Å²) in [5.74, 6) is 0.692. The largest absolute Gasteiger partial charge is 0.287 e. The number of nitrogens with zero attached hydrogens (tertiary/aromatic N) is 2. The predicted molar refractivity (Wildman–Crippen MR) is 98.3 cm³/mol. The summed E-state index contributed by atoms with van der Waals surface area (Å²) in [6.45, 7) is 7.71. The van der Waals surface area contributed by atoms with E-state index in [1.807, 2.05) is 20.8 Å². The molecule has 0 spiro atoms. The molecule has 0 unspecified atom stereocenters. The SMILES string of the molecule is CCCc1nc2c(=O)c3c(sc2n1NC(=O)C(C)(C)C)CCCC3. The van der Waals surface area contributed by atoms with Gasteiger partial charge in [-0.2, -0.15) is 0 Å². The number of aryl methyl sites for hydroxylation is 2. The topological polar surface area (TPSA) is 64.0 Å². The Balaban J connectivity index is 2.18. The Labute approximate surface area is 146 Å². The molecule has 1 aliphatic carbocycles. The lowest BCUT2D eigenvalue weighted by Gasteiger charge is -2.20. The highest BCUT2D eigenvalue weighted by Gasteiger charge is 2.26. The van der Waals surface area contributed by atoms with Crippen LogP contribution in [-0.4, -0.2) is 15.6 Å². The molecule has 3 rings (SSSR count). The Kier molecular flexibility index (Phi) is 4.51. The van der Waals surface area contributed by atoms with E-state index in [-0.39, 0.29) is 11.3 Å². The summed E-state index contributed by atoms with van der Waals surface area (Å²) < 4.78 is 1.76. The second-order valence-electron chi connectivity index (χ2n) is 7.50. The lowest BCUT2D eigenvalue weighted by molar-refractivity contribution is -0.124. The molecular formula is C18H25N3O2S. The molecule has 0 atom stereocenters. The van der Waals surface area contributed by atoms with E-state index in [4.69, 9.17) is 0 Å². The Bertz CT molecular complexity index is 843. The molecule has 0 saturated carbocycles. The molecule has 0 aliphatic heterocycles. The number of rotatable bonds is 3. The number of amides is 1. The van der Waals surface area contributed by atoms with Crippen molar-refractivity contribution in [2.75, 3.05) is 5.43 Å². The van der Waals surface area contributed by atoms with E-state index in [1.165, 1.54) is 0 Å². The van der Waals surface area contributed by atoms with Gasteiger partial charge in [0.15, 0.2) is 0 Å². The van der Waals surface area contributed by atoms with E-state index in [1.54, 1.807) is 16.0 Å². The maximum Gasteiger partial charge on any atom is 0.244 e. The van der Waals surface area contributed by atoms with Crippen molar-refractivity contribution >= 4 is 27.6 Å². The number of hydrogen-bond donors (Lipinski definition) is 1. The summed E-state index contributed by atoms with van der Waals surface area (Å²) in [6.07, 6.45) is 5.64. The molecule has 24 heavy (non-hydrogen) atoms. The van der Waals surface area contributed by atoms with Gasteiger partial charge in [0.1, 0.15) is 16.2 Å². The number of imidazole rings is 1. The van der Waals surface area contributed by atoms with Gasteiger partial charge < -0.3 is 0 Å². The first kappa shape index (κ1) is 17.1. The number of carbonyl (C=O) groups excluding carboxylic acids is 1. The number of hydrogen-bond acceptors (Lipinski definition) is 4. The maximum atomic E-state index is 12.8. The molecule has 0 saturated heterocycles. The fourth-order valence-corrected chi connectivity index (χ4v) is 4.23. The standard InChI is InChI=1S/C18H25N3O2S/c1-5-8-13-19-14-15(22)11-9-6-7-10-12(11)24-16(14)21(13)20-17(23)18(2,3)4/h5-10H2,1-4H3,(H,20,23). The van der Waals surface area contributed by atoms with Crippen LogP contribution in [0.4, 0.5) is 0 Å². The zero-order chi connectivity index (χ0) is 17.5. The van der Waals surface area contributed by atoms with Gasteiger partial charge in [0.25, 0.3) is 0 Å². The van der Waals surface area contributed by atoms with Gasteiger partial charge in [-0.15, -0.1) is 11.3 Å². The van der Waals surface area contributed by atoms with Gasteiger partial charge in [-0.25, -0.2) is 9.66 Å². The molecule has 130 valence electrons. The molecule has 1 amide bonds. The summed E-state index contributed by atoms with van der Waals surface area (Å²) >= 11 is 1.62. The Morgan fingerprint density at radius 3 is 2.67 bits per heavy atom. The third kappa shape index (κ3) is 2.99. The van der Waals surface area contributed by atoms with Gasteiger partial charge >= 0.3 is 0 Å². The van der Waals surface area contributed by atoms with Crippen LogP contribution in [0.25, 0.3) is 10.3 Å². The van der Waals surface area contributed by atoms with E-state index in [0.29, 0.717) is 5.52 Å². The first-order valence-electron chi connectivity index (χ1n) is 8.70. The molecular weight excluding hydrogens is 322 g/mol. The van der Waals surface area contributed by atoms with Crippen LogP contribution in [-0.2, 0) is 24.1 Å². The van der Waals surface area contributed by atoms with Crippen LogP contribution in [0.1, 0.15) is 63.2 Å². The molecule has 1 aliphatic rings. The van der Waals surface area contributed by atoms with Crippen LogP contribution in [0.2, 0.25) is 0 Å². The summed E-state index contributed by atoms with van der Waals surface area (Å²) in [6, 6.07) is 0. The molecule has 1 N–H and O–H groups in total. The van der Waals surface area contributed by atoms with E-state index < -0.39 is 5.41 Å². The second-order valence-corrected chi connectivity index (χ2v) is 8.58. The van der Waals surface area contributed by atoms with E-state index >= 15 is 0 Å². The highest BCUT2D eigenvalue weighted by Crippen LogP contribution is 2.29. The minimum Gasteiger partial charge on any atom is -0.287 e. The van der Waals surface area contributed by atoms with Crippen molar-refractivity contribution in [3.05, 3.63) is 26.5 Å². The average molecular weight is 347 g/mol. The zero-order valence-electron chi connectivity index (χ0n) is 14.9. The third-order valence-electron chi connectivity index (χ3n) is 4.40. The number of nitrogens with one attached hydrogen (secondary N) is 1. The zero-order valence-corrected chi connectivity index (χ0v) is 15.7. The molecule has 6 heteroatoms. The van der Waals surface area contributed by atoms with Gasteiger partial charge in [0.05, 0.1) is 0 Å². The van der Waals surface area contributed by atoms with Crippen LogP contribution in [0.5, 0.6) is 0 Å². The smallest absolute Gasteiger partial charge is 0.244 e. The van der Waals surface area contributed by atoms with Gasteiger partial charge in [-0.05, 0) is 32.1 Å². The molecule has 2 aromatic heterocycles. The fraction of sp³-hybridized carbons (Fsp3) is 0.611. The number of fused-ring (bicyclic) bond motifs is 2. The van der Waals surface area contributed by atoms with Crippen LogP contribution in [0.3, 0.4) is 0 Å². The quantitative estimate of drug-likeness (QED) is 0.925. The molecule has 5 nitrogen and oxygen atoms in total. The van der Waals surface area contributed by atoms with Gasteiger partial charge in [-0.3, -0.25) is 15.0 Å². The van der Waals surface area contributed by atoms with Crippen molar-refractivity contribution in [3.63, 3.8) is 0 Å². The summed E-state index contributed by atoms with van der Waals surface area (Å²) in [5.41, 5.74) is 3.98. The molecule has 0 fully saturated rings. The van der Waals surface area contributed by atoms with Crippen molar-refractivity contribution in [2.24, 2.45) is 5.41 Å². The Morgan fingerprint density at radius 2 is 2.00 bits per heavy atom. The lowest BCUT2D eigenvalue weighted by Crippen LogP contribution is -2.34. The Hall–Kier alpha value is -1.69. The molecule has 2 aromatic rings. The molecule has 0 radical (unpaired) electrons. The Morgan fingerprint density at radius 1 is 1.29 bits per heavy atom. The molecule has 2 heterocycles. The summed E-state index contributed by atoms with van der Waals surface area (Å²) in [7, 11) is 0. The van der Waals surface area contributed by atoms with Gasteiger partial charge in [0.2, 0.25) is 11.3 Å². The van der Waals surface area contributed by atoms with Crippen LogP contribution in [0, 0.1) is 5.41 Å². The monoisotopic (exact) mass is 347 g/mol. The van der Waals surface area contributed by atoms with Crippen LogP contribution < -0.4 is 10.9 Å². The van der Waals surface area contributed by atoms with Crippen molar-refractivity contribution in [2.45, 2.75) is 66.2 Å². The van der Waals surface area contributed by atoms with Crippen molar-refractivity contribution in [3.8, 4) is 0 Å². The van der Waals surface area contributed by atoms with Crippen LogP contribution in [0.15, 0.2) is 4.79 Å². The predicted octanol–water partition coefficient (Wildman–Crippen LogP) is 3.41. The van der Waals surface area contributed by atoms with E-state index in [9.17, 15) is 9.59 Å². The number of carbonyl (C=O) groups is 1. The lowest BCUT2D eigenvalue weighted by atomic mass is 9.96. The highest BCUT2D eigenvalue weighted by atomic mass is 32.1. The van der Waals surface area contributed by atoms with E-state index in [0.717, 1.165) is 59.6 Å². The molecule has 0 bridgehead atoms.